The Morgan fingerprint density at radius 3 is 1.84 bits per heavy atom. The molecule has 0 aliphatic rings. The van der Waals surface area contributed by atoms with Gasteiger partial charge in [0.2, 0.25) is 0 Å². The molecule has 0 radical (unpaired) electrons. The van der Waals surface area contributed by atoms with Crippen molar-refractivity contribution in [2.45, 2.75) is 20.3 Å². The Balaban J connectivity index is 1.60. The first-order valence-electron chi connectivity index (χ1n) is 14.4. The van der Waals surface area contributed by atoms with E-state index in [1.165, 1.54) is 0 Å². The second-order valence-electron chi connectivity index (χ2n) is 9.87. The van der Waals surface area contributed by atoms with Crippen LogP contribution in [0.5, 0.6) is 0 Å². The van der Waals surface area contributed by atoms with Gasteiger partial charge in [-0.25, -0.2) is 19.9 Å². The minimum atomic E-state index is 0.630. The minimum Gasteiger partial charge on any atom is -0.248 e. The summed E-state index contributed by atoms with van der Waals surface area (Å²) in [6.07, 6.45) is 12.6. The van der Waals surface area contributed by atoms with E-state index in [0.717, 1.165) is 56.8 Å². The second kappa shape index (κ2) is 13.9. The van der Waals surface area contributed by atoms with Gasteiger partial charge >= 0.3 is 0 Å². The number of hydrogen-bond donors (Lipinski definition) is 0. The van der Waals surface area contributed by atoms with Gasteiger partial charge in [-0.2, -0.15) is 0 Å². The van der Waals surface area contributed by atoms with E-state index in [-0.39, 0.29) is 0 Å². The van der Waals surface area contributed by atoms with Crippen molar-refractivity contribution in [2.24, 2.45) is 0 Å². The molecule has 0 bridgehead atoms. The van der Waals surface area contributed by atoms with Crippen molar-refractivity contribution in [1.29, 1.82) is 0 Å². The zero-order valence-corrected chi connectivity index (χ0v) is 24.6. The van der Waals surface area contributed by atoms with Crippen LogP contribution in [0.25, 0.3) is 56.3 Å². The Morgan fingerprint density at radius 2 is 1.26 bits per heavy atom. The summed E-state index contributed by atoms with van der Waals surface area (Å²) >= 11 is 0. The van der Waals surface area contributed by atoms with E-state index in [9.17, 15) is 0 Å². The summed E-state index contributed by atoms with van der Waals surface area (Å²) in [4.78, 5) is 19.6. The first kappa shape index (κ1) is 29.0. The fraction of sp³-hybridized carbons (Fsp3) is 0.0769. The molecule has 2 aromatic heterocycles. The largest absolute Gasteiger partial charge is 0.248 e. The van der Waals surface area contributed by atoms with Gasteiger partial charge in [-0.05, 0) is 42.2 Å². The summed E-state index contributed by atoms with van der Waals surface area (Å²) in [5.41, 5.74) is 8.64. The Morgan fingerprint density at radius 1 is 0.651 bits per heavy atom. The van der Waals surface area contributed by atoms with Crippen LogP contribution in [-0.4, -0.2) is 19.9 Å². The van der Waals surface area contributed by atoms with Gasteiger partial charge in [-0.15, -0.1) is 0 Å². The SMILES string of the molecule is C=C/C=C(\C=C)c1cc(-c2ccc(-c3nc(C(/C=C\C)=C/CC)nc(-c4ccccc4)n3)cc2)cc(-c2ccccc2)n1. The zero-order chi connectivity index (χ0) is 30.0. The molecule has 0 unspecified atom stereocenters. The first-order chi connectivity index (χ1) is 21.1. The Labute approximate surface area is 254 Å². The first-order valence-corrected chi connectivity index (χ1v) is 14.4. The van der Waals surface area contributed by atoms with Gasteiger partial charge in [-0.3, -0.25) is 0 Å². The van der Waals surface area contributed by atoms with Crippen molar-refractivity contribution >= 4 is 11.1 Å². The summed E-state index contributed by atoms with van der Waals surface area (Å²) in [6.45, 7) is 12.0. The molecular formula is C39H34N4. The highest BCUT2D eigenvalue weighted by Gasteiger charge is 2.14. The number of rotatable bonds is 10. The predicted octanol–water partition coefficient (Wildman–Crippen LogP) is 10.1. The lowest BCUT2D eigenvalue weighted by molar-refractivity contribution is 1.03. The summed E-state index contributed by atoms with van der Waals surface area (Å²) in [7, 11) is 0. The lowest BCUT2D eigenvalue weighted by Crippen LogP contribution is -2.02. The van der Waals surface area contributed by atoms with Crippen molar-refractivity contribution in [1.82, 2.24) is 19.9 Å². The molecule has 0 spiro atoms. The average molecular weight is 559 g/mol. The monoisotopic (exact) mass is 558 g/mol. The Hall–Kier alpha value is -5.48. The highest BCUT2D eigenvalue weighted by atomic mass is 15.0. The molecule has 4 nitrogen and oxygen atoms in total. The van der Waals surface area contributed by atoms with Crippen LogP contribution in [0.15, 0.2) is 147 Å². The lowest BCUT2D eigenvalue weighted by Gasteiger charge is -2.12. The molecule has 5 aromatic rings. The van der Waals surface area contributed by atoms with Crippen LogP contribution in [-0.2, 0) is 0 Å². The van der Waals surface area contributed by atoms with Crippen LogP contribution in [0, 0.1) is 0 Å². The van der Waals surface area contributed by atoms with E-state index in [4.69, 9.17) is 19.9 Å². The molecule has 0 saturated heterocycles. The number of pyridine rings is 1. The number of hydrogen-bond acceptors (Lipinski definition) is 4. The zero-order valence-electron chi connectivity index (χ0n) is 24.6. The van der Waals surface area contributed by atoms with Gasteiger partial charge < -0.3 is 0 Å². The van der Waals surface area contributed by atoms with Crippen molar-refractivity contribution < 1.29 is 0 Å². The number of aromatic nitrogens is 4. The second-order valence-corrected chi connectivity index (χ2v) is 9.87. The highest BCUT2D eigenvalue weighted by molar-refractivity contribution is 5.80. The van der Waals surface area contributed by atoms with E-state index in [1.807, 2.05) is 79.8 Å². The molecule has 0 aliphatic heterocycles. The normalized spacial score (nSPS) is 12.0. The molecular weight excluding hydrogens is 524 g/mol. The average Bonchev–Trinajstić information content (AvgIpc) is 3.07. The predicted molar refractivity (Wildman–Crippen MR) is 181 cm³/mol. The standard InChI is InChI=1S/C39H34N4/c1-5-15-28(8-4)35-26-34(27-36(40-35)30-18-11-9-12-19-30)29-22-24-33(25-23-29)39-42-37(31(16-6-2)17-7-3)41-38(43-39)32-20-13-10-14-21-32/h5-6,8-27H,1,4,7H2,2-3H3/b16-6-,28-15+,31-17+. The lowest BCUT2D eigenvalue weighted by atomic mass is 9.99. The number of nitrogens with zero attached hydrogens (tertiary/aromatic N) is 4. The third-order valence-corrected chi connectivity index (χ3v) is 6.88. The molecule has 3 aromatic carbocycles. The van der Waals surface area contributed by atoms with Crippen molar-refractivity contribution in [3.8, 4) is 45.2 Å². The maximum Gasteiger partial charge on any atom is 0.164 e. The minimum absolute atomic E-state index is 0.630. The van der Waals surface area contributed by atoms with Crippen LogP contribution >= 0.6 is 0 Å². The van der Waals surface area contributed by atoms with Gasteiger partial charge in [0.05, 0.1) is 11.4 Å². The molecule has 0 fully saturated rings. The maximum absolute atomic E-state index is 4.95. The summed E-state index contributed by atoms with van der Waals surface area (Å²) in [5.74, 6) is 1.93. The smallest absolute Gasteiger partial charge is 0.164 e. The van der Waals surface area contributed by atoms with Crippen LogP contribution < -0.4 is 0 Å². The summed E-state index contributed by atoms with van der Waals surface area (Å²) in [5, 5.41) is 0. The van der Waals surface area contributed by atoms with Crippen molar-refractivity contribution in [2.75, 3.05) is 0 Å². The van der Waals surface area contributed by atoms with Crippen molar-refractivity contribution in [3.05, 3.63) is 158 Å². The molecule has 0 saturated carbocycles. The van der Waals surface area contributed by atoms with Crippen LogP contribution in [0.2, 0.25) is 0 Å². The van der Waals surface area contributed by atoms with Crippen LogP contribution in [0.3, 0.4) is 0 Å². The Kier molecular flexibility index (Phi) is 9.40. The van der Waals surface area contributed by atoms with Crippen LogP contribution in [0.4, 0.5) is 0 Å². The van der Waals surface area contributed by atoms with Crippen LogP contribution in [0.1, 0.15) is 31.8 Å². The molecule has 0 N–H and O–H groups in total. The molecule has 0 atom stereocenters. The van der Waals surface area contributed by atoms with E-state index in [1.54, 1.807) is 6.08 Å². The molecule has 4 heteroatoms. The Bertz CT molecular complexity index is 1810. The fourth-order valence-corrected chi connectivity index (χ4v) is 4.78. The third kappa shape index (κ3) is 6.88. The quantitative estimate of drug-likeness (QED) is 0.160. The number of allylic oxidation sites excluding steroid dienone is 8. The van der Waals surface area contributed by atoms with Crippen molar-refractivity contribution in [3.63, 3.8) is 0 Å². The van der Waals surface area contributed by atoms with E-state index in [2.05, 4.69) is 74.7 Å². The fourth-order valence-electron chi connectivity index (χ4n) is 4.78. The highest BCUT2D eigenvalue weighted by Crippen LogP contribution is 2.31. The molecule has 5 rings (SSSR count). The maximum atomic E-state index is 4.95. The van der Waals surface area contributed by atoms with Gasteiger partial charge in [-0.1, -0.05) is 141 Å². The molecule has 0 amide bonds. The molecule has 210 valence electrons. The topological polar surface area (TPSA) is 51.6 Å². The van der Waals surface area contributed by atoms with E-state index < -0.39 is 0 Å². The third-order valence-electron chi connectivity index (χ3n) is 6.88. The molecule has 43 heavy (non-hydrogen) atoms. The van der Waals surface area contributed by atoms with Gasteiger partial charge in [0.1, 0.15) is 0 Å². The van der Waals surface area contributed by atoms with Gasteiger partial charge in [0.15, 0.2) is 17.5 Å². The molecule has 2 heterocycles. The van der Waals surface area contributed by atoms with E-state index in [0.29, 0.717) is 17.5 Å². The van der Waals surface area contributed by atoms with E-state index >= 15 is 0 Å². The summed E-state index contributed by atoms with van der Waals surface area (Å²) in [6, 6.07) is 32.8. The number of benzene rings is 3. The summed E-state index contributed by atoms with van der Waals surface area (Å²) < 4.78 is 0. The molecule has 0 aliphatic carbocycles. The van der Waals surface area contributed by atoms with Gasteiger partial charge in [0.25, 0.3) is 0 Å². The van der Waals surface area contributed by atoms with Gasteiger partial charge in [0, 0.05) is 22.3 Å².